The van der Waals surface area contributed by atoms with E-state index in [2.05, 4.69) is 0 Å². The van der Waals surface area contributed by atoms with E-state index in [1.54, 1.807) is 6.07 Å². The molecule has 1 aromatic carbocycles. The Balaban J connectivity index is 1.87. The number of Topliss-reactive ketones (excluding diaryl/α,β-unsaturated/α-hetero) is 1. The van der Waals surface area contributed by atoms with Crippen LogP contribution in [-0.4, -0.2) is 23.5 Å². The standard InChI is InChI=1S/C14H16O4/c15-12(3-1-2-4-14(16)17)10-5-6-13-11(9-10)7-8-18-13/h5-6,9H,1-4,7-8H2,(H,16,17). The van der Waals surface area contributed by atoms with Crippen molar-refractivity contribution in [2.75, 3.05) is 6.61 Å². The minimum Gasteiger partial charge on any atom is -0.493 e. The molecular formula is C14H16O4. The summed E-state index contributed by atoms with van der Waals surface area (Å²) < 4.78 is 5.38. The number of ether oxygens (including phenoxy) is 1. The van der Waals surface area contributed by atoms with Crippen molar-refractivity contribution in [2.24, 2.45) is 0 Å². The molecule has 4 nitrogen and oxygen atoms in total. The third-order valence-electron chi connectivity index (χ3n) is 3.06. The number of hydrogen-bond donors (Lipinski definition) is 1. The molecule has 0 aliphatic carbocycles. The Morgan fingerprint density at radius 1 is 1.22 bits per heavy atom. The Kier molecular flexibility index (Phi) is 3.97. The molecule has 0 atom stereocenters. The average molecular weight is 248 g/mol. The van der Waals surface area contributed by atoms with Gasteiger partial charge >= 0.3 is 5.97 Å². The third kappa shape index (κ3) is 3.09. The smallest absolute Gasteiger partial charge is 0.303 e. The molecule has 0 fully saturated rings. The summed E-state index contributed by atoms with van der Waals surface area (Å²) in [6, 6.07) is 5.51. The quantitative estimate of drug-likeness (QED) is 0.620. The fourth-order valence-corrected chi connectivity index (χ4v) is 2.07. The van der Waals surface area contributed by atoms with Gasteiger partial charge in [-0.2, -0.15) is 0 Å². The fraction of sp³-hybridized carbons (Fsp3) is 0.429. The Bertz CT molecular complexity index is 465. The van der Waals surface area contributed by atoms with Crippen molar-refractivity contribution in [3.63, 3.8) is 0 Å². The molecule has 0 spiro atoms. The van der Waals surface area contributed by atoms with Gasteiger partial charge in [-0.15, -0.1) is 0 Å². The number of benzene rings is 1. The number of aliphatic carboxylic acids is 1. The van der Waals surface area contributed by atoms with Crippen molar-refractivity contribution in [1.29, 1.82) is 0 Å². The normalized spacial score (nSPS) is 12.9. The Morgan fingerprint density at radius 3 is 2.78 bits per heavy atom. The lowest BCUT2D eigenvalue weighted by molar-refractivity contribution is -0.137. The zero-order valence-corrected chi connectivity index (χ0v) is 10.1. The van der Waals surface area contributed by atoms with Crippen LogP contribution in [0.25, 0.3) is 0 Å². The van der Waals surface area contributed by atoms with Crippen LogP contribution in [0, 0.1) is 0 Å². The number of fused-ring (bicyclic) bond motifs is 1. The van der Waals surface area contributed by atoms with Gasteiger partial charge in [0.05, 0.1) is 6.61 Å². The topological polar surface area (TPSA) is 63.6 Å². The summed E-state index contributed by atoms with van der Waals surface area (Å²) in [5.74, 6) is 0.143. The van der Waals surface area contributed by atoms with E-state index in [-0.39, 0.29) is 12.2 Å². The van der Waals surface area contributed by atoms with Crippen LogP contribution in [0.5, 0.6) is 5.75 Å². The van der Waals surface area contributed by atoms with E-state index in [9.17, 15) is 9.59 Å². The molecule has 0 aromatic heterocycles. The Morgan fingerprint density at radius 2 is 2.00 bits per heavy atom. The Labute approximate surface area is 106 Å². The van der Waals surface area contributed by atoms with E-state index in [1.807, 2.05) is 12.1 Å². The first-order chi connectivity index (χ1) is 8.66. The van der Waals surface area contributed by atoms with Crippen molar-refractivity contribution in [2.45, 2.75) is 32.1 Å². The highest BCUT2D eigenvalue weighted by Gasteiger charge is 2.14. The number of carbonyl (C=O) groups is 2. The predicted molar refractivity (Wildman–Crippen MR) is 66.1 cm³/mol. The van der Waals surface area contributed by atoms with Gasteiger partial charge in [-0.25, -0.2) is 0 Å². The number of carboxylic acids is 1. The second kappa shape index (κ2) is 5.67. The summed E-state index contributed by atoms with van der Waals surface area (Å²) in [4.78, 5) is 22.2. The lowest BCUT2D eigenvalue weighted by atomic mass is 10.0. The number of unbranched alkanes of at least 4 members (excludes halogenated alkanes) is 1. The first kappa shape index (κ1) is 12.6. The van der Waals surface area contributed by atoms with Gasteiger partial charge < -0.3 is 9.84 Å². The summed E-state index contributed by atoms with van der Waals surface area (Å²) in [6.07, 6.45) is 2.57. The fourth-order valence-electron chi connectivity index (χ4n) is 2.07. The first-order valence-corrected chi connectivity index (χ1v) is 6.17. The highest BCUT2D eigenvalue weighted by atomic mass is 16.5. The van der Waals surface area contributed by atoms with Crippen LogP contribution < -0.4 is 4.74 Å². The molecule has 0 saturated carbocycles. The number of carbonyl (C=O) groups excluding carboxylic acids is 1. The van der Waals surface area contributed by atoms with Crippen LogP contribution >= 0.6 is 0 Å². The average Bonchev–Trinajstić information content (AvgIpc) is 2.81. The van der Waals surface area contributed by atoms with E-state index in [4.69, 9.17) is 9.84 Å². The van der Waals surface area contributed by atoms with E-state index in [1.165, 1.54) is 0 Å². The van der Waals surface area contributed by atoms with Crippen LogP contribution in [0.3, 0.4) is 0 Å². The third-order valence-corrected chi connectivity index (χ3v) is 3.06. The predicted octanol–water partition coefficient (Wildman–Crippen LogP) is 2.45. The molecule has 1 aliphatic rings. The van der Waals surface area contributed by atoms with Crippen molar-refractivity contribution in [3.05, 3.63) is 29.3 Å². The molecular weight excluding hydrogens is 232 g/mol. The van der Waals surface area contributed by atoms with Crippen molar-refractivity contribution < 1.29 is 19.4 Å². The minimum absolute atomic E-state index is 0.0788. The van der Waals surface area contributed by atoms with Crippen molar-refractivity contribution in [1.82, 2.24) is 0 Å². The van der Waals surface area contributed by atoms with Gasteiger partial charge in [0.15, 0.2) is 5.78 Å². The zero-order valence-electron chi connectivity index (χ0n) is 10.1. The van der Waals surface area contributed by atoms with Crippen LogP contribution in [0.4, 0.5) is 0 Å². The summed E-state index contributed by atoms with van der Waals surface area (Å²) >= 11 is 0. The molecule has 0 amide bonds. The SMILES string of the molecule is O=C(O)CCCCC(=O)c1ccc2c(c1)CCO2. The lowest BCUT2D eigenvalue weighted by Gasteiger charge is -2.03. The summed E-state index contributed by atoms with van der Waals surface area (Å²) in [5, 5.41) is 8.50. The minimum atomic E-state index is -0.808. The van der Waals surface area contributed by atoms with E-state index >= 15 is 0 Å². The van der Waals surface area contributed by atoms with Crippen LogP contribution in [0.15, 0.2) is 18.2 Å². The van der Waals surface area contributed by atoms with Gasteiger partial charge in [-0.05, 0) is 36.6 Å². The first-order valence-electron chi connectivity index (χ1n) is 6.17. The maximum atomic E-state index is 11.9. The summed E-state index contributed by atoms with van der Waals surface area (Å²) in [5.41, 5.74) is 1.79. The molecule has 1 aromatic rings. The van der Waals surface area contributed by atoms with Crippen molar-refractivity contribution >= 4 is 11.8 Å². The van der Waals surface area contributed by atoms with E-state index < -0.39 is 5.97 Å². The second-order valence-corrected chi connectivity index (χ2v) is 4.44. The van der Waals surface area contributed by atoms with E-state index in [0.29, 0.717) is 31.4 Å². The Hall–Kier alpha value is -1.84. The van der Waals surface area contributed by atoms with Gasteiger partial charge in [0.25, 0.3) is 0 Å². The molecule has 0 unspecified atom stereocenters. The molecule has 4 heteroatoms. The second-order valence-electron chi connectivity index (χ2n) is 4.44. The zero-order chi connectivity index (χ0) is 13.0. The number of hydrogen-bond acceptors (Lipinski definition) is 3. The molecule has 1 heterocycles. The molecule has 1 N–H and O–H groups in total. The molecule has 0 saturated heterocycles. The highest BCUT2D eigenvalue weighted by molar-refractivity contribution is 5.96. The van der Waals surface area contributed by atoms with Crippen molar-refractivity contribution in [3.8, 4) is 5.75 Å². The molecule has 96 valence electrons. The van der Waals surface area contributed by atoms with E-state index in [0.717, 1.165) is 17.7 Å². The lowest BCUT2D eigenvalue weighted by Crippen LogP contribution is -2.01. The van der Waals surface area contributed by atoms with Crippen LogP contribution in [0.2, 0.25) is 0 Å². The summed E-state index contributed by atoms with van der Waals surface area (Å²) in [6.45, 7) is 0.686. The van der Waals surface area contributed by atoms with Gasteiger partial charge in [0, 0.05) is 24.8 Å². The highest BCUT2D eigenvalue weighted by Crippen LogP contribution is 2.26. The summed E-state index contributed by atoms with van der Waals surface area (Å²) in [7, 11) is 0. The molecule has 0 bridgehead atoms. The number of ketones is 1. The molecule has 0 radical (unpaired) electrons. The van der Waals surface area contributed by atoms with Crippen LogP contribution in [0.1, 0.15) is 41.6 Å². The maximum absolute atomic E-state index is 11.9. The maximum Gasteiger partial charge on any atom is 0.303 e. The number of rotatable bonds is 6. The van der Waals surface area contributed by atoms with Crippen LogP contribution in [-0.2, 0) is 11.2 Å². The van der Waals surface area contributed by atoms with Gasteiger partial charge in [0.2, 0.25) is 0 Å². The van der Waals surface area contributed by atoms with Gasteiger partial charge in [-0.1, -0.05) is 0 Å². The molecule has 2 rings (SSSR count). The molecule has 1 aliphatic heterocycles. The number of carboxylic acid groups (broad SMARTS) is 1. The largest absolute Gasteiger partial charge is 0.493 e. The van der Waals surface area contributed by atoms with Gasteiger partial charge in [0.1, 0.15) is 5.75 Å². The monoisotopic (exact) mass is 248 g/mol. The van der Waals surface area contributed by atoms with Gasteiger partial charge in [-0.3, -0.25) is 9.59 Å². The molecule has 18 heavy (non-hydrogen) atoms.